The van der Waals surface area contributed by atoms with Crippen LogP contribution in [-0.2, 0) is 0 Å². The van der Waals surface area contributed by atoms with Crippen LogP contribution in [0.1, 0.15) is 37.8 Å². The lowest BCUT2D eigenvalue weighted by molar-refractivity contribution is 0.171. The van der Waals surface area contributed by atoms with Crippen LogP contribution in [0.5, 0.6) is 11.5 Å². The lowest BCUT2D eigenvalue weighted by atomic mass is 9.96. The van der Waals surface area contributed by atoms with Crippen molar-refractivity contribution in [2.24, 2.45) is 11.8 Å². The van der Waals surface area contributed by atoms with Gasteiger partial charge in [-0.1, -0.05) is 12.5 Å². The molecular formula is C17H25NO3. The lowest BCUT2D eigenvalue weighted by Gasteiger charge is -2.23. The van der Waals surface area contributed by atoms with E-state index < -0.39 is 0 Å². The first-order valence-corrected chi connectivity index (χ1v) is 8.01. The third kappa shape index (κ3) is 3.33. The van der Waals surface area contributed by atoms with Crippen LogP contribution in [0.15, 0.2) is 18.2 Å². The van der Waals surface area contributed by atoms with Crippen LogP contribution in [0.3, 0.4) is 0 Å². The van der Waals surface area contributed by atoms with Crippen molar-refractivity contribution in [2.75, 3.05) is 26.4 Å². The monoisotopic (exact) mass is 291 g/mol. The van der Waals surface area contributed by atoms with Crippen molar-refractivity contribution in [1.82, 2.24) is 5.32 Å². The predicted molar refractivity (Wildman–Crippen MR) is 81.8 cm³/mol. The van der Waals surface area contributed by atoms with Gasteiger partial charge in [0.05, 0.1) is 0 Å². The van der Waals surface area contributed by atoms with E-state index in [1.807, 2.05) is 6.07 Å². The molecule has 1 aliphatic heterocycles. The Labute approximate surface area is 126 Å². The van der Waals surface area contributed by atoms with Gasteiger partial charge in [0.1, 0.15) is 13.2 Å². The van der Waals surface area contributed by atoms with Gasteiger partial charge in [-0.05, 0) is 55.8 Å². The van der Waals surface area contributed by atoms with Gasteiger partial charge in [-0.3, -0.25) is 0 Å². The molecule has 1 aliphatic carbocycles. The molecule has 116 valence electrons. The van der Waals surface area contributed by atoms with E-state index in [4.69, 9.17) is 9.47 Å². The number of hydrogen-bond donors (Lipinski definition) is 2. The van der Waals surface area contributed by atoms with Gasteiger partial charge >= 0.3 is 0 Å². The minimum atomic E-state index is 0.278. The van der Waals surface area contributed by atoms with Crippen molar-refractivity contribution in [3.63, 3.8) is 0 Å². The Morgan fingerprint density at radius 2 is 1.95 bits per heavy atom. The van der Waals surface area contributed by atoms with E-state index in [2.05, 4.69) is 24.4 Å². The predicted octanol–water partition coefficient (Wildman–Crippen LogP) is 2.52. The van der Waals surface area contributed by atoms with Gasteiger partial charge in [-0.2, -0.15) is 0 Å². The van der Waals surface area contributed by atoms with E-state index in [-0.39, 0.29) is 6.04 Å². The molecule has 0 amide bonds. The maximum Gasteiger partial charge on any atom is 0.161 e. The largest absolute Gasteiger partial charge is 0.486 e. The molecule has 3 rings (SSSR count). The van der Waals surface area contributed by atoms with Crippen LogP contribution in [-0.4, -0.2) is 31.5 Å². The zero-order valence-corrected chi connectivity index (χ0v) is 12.7. The molecule has 4 heteroatoms. The van der Waals surface area contributed by atoms with Gasteiger partial charge in [0.25, 0.3) is 0 Å². The number of aliphatic hydroxyl groups is 1. The Kier molecular flexibility index (Phi) is 4.66. The smallest absolute Gasteiger partial charge is 0.161 e. The maximum atomic E-state index is 9.39. The second-order valence-electron chi connectivity index (χ2n) is 6.17. The molecule has 1 aromatic carbocycles. The number of fused-ring (bicyclic) bond motifs is 1. The van der Waals surface area contributed by atoms with Crippen LogP contribution in [0.2, 0.25) is 0 Å². The Hall–Kier alpha value is -1.26. The summed E-state index contributed by atoms with van der Waals surface area (Å²) in [5.74, 6) is 2.77. The van der Waals surface area contributed by atoms with Crippen LogP contribution in [0, 0.1) is 11.8 Å². The molecule has 1 saturated carbocycles. The third-order valence-corrected chi connectivity index (χ3v) is 4.80. The van der Waals surface area contributed by atoms with Crippen molar-refractivity contribution < 1.29 is 14.6 Å². The van der Waals surface area contributed by atoms with E-state index in [1.165, 1.54) is 24.8 Å². The summed E-state index contributed by atoms with van der Waals surface area (Å²) in [5.41, 5.74) is 1.22. The summed E-state index contributed by atoms with van der Waals surface area (Å²) >= 11 is 0. The minimum absolute atomic E-state index is 0.278. The lowest BCUT2D eigenvalue weighted by Crippen LogP contribution is -2.29. The molecule has 0 saturated heterocycles. The highest BCUT2D eigenvalue weighted by atomic mass is 16.6. The quantitative estimate of drug-likeness (QED) is 0.875. The van der Waals surface area contributed by atoms with Gasteiger partial charge in [-0.25, -0.2) is 0 Å². The molecule has 0 spiro atoms. The van der Waals surface area contributed by atoms with Gasteiger partial charge in [0.15, 0.2) is 11.5 Å². The van der Waals surface area contributed by atoms with Gasteiger partial charge in [0, 0.05) is 12.6 Å². The first kappa shape index (κ1) is 14.7. The third-order valence-electron chi connectivity index (χ3n) is 4.80. The zero-order valence-electron chi connectivity index (χ0n) is 12.7. The molecule has 2 N–H and O–H groups in total. The van der Waals surface area contributed by atoms with Gasteiger partial charge in [-0.15, -0.1) is 0 Å². The van der Waals surface area contributed by atoms with Crippen LogP contribution >= 0.6 is 0 Å². The van der Waals surface area contributed by atoms with Crippen molar-refractivity contribution >= 4 is 0 Å². The van der Waals surface area contributed by atoms with E-state index in [0.29, 0.717) is 31.7 Å². The normalized spacial score (nSPS) is 25.8. The molecule has 21 heavy (non-hydrogen) atoms. The summed E-state index contributed by atoms with van der Waals surface area (Å²) in [6.07, 6.45) is 3.64. The fraction of sp³-hybridized carbons (Fsp3) is 0.647. The summed E-state index contributed by atoms with van der Waals surface area (Å²) in [6, 6.07) is 6.45. The molecule has 1 fully saturated rings. The molecule has 4 nitrogen and oxygen atoms in total. The molecule has 0 bridgehead atoms. The number of aliphatic hydroxyl groups excluding tert-OH is 1. The second-order valence-corrected chi connectivity index (χ2v) is 6.17. The molecule has 3 atom stereocenters. The van der Waals surface area contributed by atoms with Crippen molar-refractivity contribution in [3.05, 3.63) is 23.8 Å². The number of ether oxygens (including phenoxy) is 2. The van der Waals surface area contributed by atoms with Gasteiger partial charge in [0.2, 0.25) is 0 Å². The highest BCUT2D eigenvalue weighted by Crippen LogP contribution is 2.34. The van der Waals surface area contributed by atoms with E-state index >= 15 is 0 Å². The van der Waals surface area contributed by atoms with Crippen LogP contribution in [0.25, 0.3) is 0 Å². The van der Waals surface area contributed by atoms with Crippen LogP contribution < -0.4 is 14.8 Å². The standard InChI is InChI=1S/C17H25NO3/c1-12(18-10-14-3-2-4-15(14)11-19)13-5-6-16-17(9-13)21-8-7-20-16/h5-6,9,12,14-15,18-19H,2-4,7-8,10-11H2,1H3. The topological polar surface area (TPSA) is 50.7 Å². The van der Waals surface area contributed by atoms with Crippen molar-refractivity contribution in [3.8, 4) is 11.5 Å². The number of nitrogens with one attached hydrogen (secondary N) is 1. The summed E-state index contributed by atoms with van der Waals surface area (Å²) in [6.45, 7) is 4.72. The average molecular weight is 291 g/mol. The first-order valence-electron chi connectivity index (χ1n) is 8.01. The second kappa shape index (κ2) is 6.67. The zero-order chi connectivity index (χ0) is 14.7. The Morgan fingerprint density at radius 3 is 2.76 bits per heavy atom. The van der Waals surface area contributed by atoms with E-state index in [0.717, 1.165) is 18.0 Å². The number of benzene rings is 1. The van der Waals surface area contributed by atoms with Crippen LogP contribution in [0.4, 0.5) is 0 Å². The molecular weight excluding hydrogens is 266 g/mol. The molecule has 0 aromatic heterocycles. The van der Waals surface area contributed by atoms with E-state index in [9.17, 15) is 5.11 Å². The minimum Gasteiger partial charge on any atom is -0.486 e. The summed E-state index contributed by atoms with van der Waals surface area (Å²) in [4.78, 5) is 0. The number of rotatable bonds is 5. The van der Waals surface area contributed by atoms with Crippen molar-refractivity contribution in [1.29, 1.82) is 0 Å². The fourth-order valence-electron chi connectivity index (χ4n) is 3.40. The molecule has 1 heterocycles. The maximum absolute atomic E-state index is 9.39. The molecule has 2 aliphatic rings. The highest BCUT2D eigenvalue weighted by Gasteiger charge is 2.26. The Balaban J connectivity index is 1.59. The summed E-state index contributed by atoms with van der Waals surface area (Å²) in [5, 5.41) is 13.0. The van der Waals surface area contributed by atoms with Gasteiger partial charge < -0.3 is 19.9 Å². The molecule has 1 aromatic rings. The average Bonchev–Trinajstić information content (AvgIpc) is 2.99. The Morgan fingerprint density at radius 1 is 1.19 bits per heavy atom. The highest BCUT2D eigenvalue weighted by molar-refractivity contribution is 5.44. The Bertz CT molecular complexity index is 477. The molecule has 0 radical (unpaired) electrons. The fourth-order valence-corrected chi connectivity index (χ4v) is 3.40. The molecule has 3 unspecified atom stereocenters. The summed E-state index contributed by atoms with van der Waals surface area (Å²) < 4.78 is 11.2. The number of hydrogen-bond acceptors (Lipinski definition) is 4. The van der Waals surface area contributed by atoms with Crippen molar-refractivity contribution in [2.45, 2.75) is 32.2 Å². The first-order chi connectivity index (χ1) is 10.3. The van der Waals surface area contributed by atoms with E-state index in [1.54, 1.807) is 0 Å². The summed E-state index contributed by atoms with van der Waals surface area (Å²) in [7, 11) is 0. The SMILES string of the molecule is CC(NCC1CCCC1CO)c1ccc2c(c1)OCCO2.